The maximum Gasteiger partial charge on any atom is 0.134 e. The number of hydrogen-bond acceptors (Lipinski definition) is 2. The van der Waals surface area contributed by atoms with Crippen molar-refractivity contribution in [1.29, 1.82) is 0 Å². The summed E-state index contributed by atoms with van der Waals surface area (Å²) >= 11 is 0. The van der Waals surface area contributed by atoms with Crippen LogP contribution < -0.4 is 5.32 Å². The van der Waals surface area contributed by atoms with Crippen LogP contribution in [0.4, 0.5) is 0 Å². The highest BCUT2D eigenvalue weighted by Crippen LogP contribution is 2.02. The van der Waals surface area contributed by atoms with E-state index in [9.17, 15) is 4.79 Å². The van der Waals surface area contributed by atoms with Crippen LogP contribution in [-0.2, 0) is 4.79 Å². The zero-order valence-corrected chi connectivity index (χ0v) is 7.44. The molecule has 0 rings (SSSR count). The van der Waals surface area contributed by atoms with E-state index in [1.807, 2.05) is 14.0 Å². The lowest BCUT2D eigenvalue weighted by Gasteiger charge is -1.99. The summed E-state index contributed by atoms with van der Waals surface area (Å²) in [7, 11) is 1.85. The van der Waals surface area contributed by atoms with Gasteiger partial charge in [-0.2, -0.15) is 0 Å². The molecule has 0 bridgehead atoms. The number of rotatable bonds is 6. The number of allylic oxidation sites excluding steroid dienone is 1. The van der Waals surface area contributed by atoms with Crippen LogP contribution in [0.2, 0.25) is 0 Å². The third kappa shape index (κ3) is 7.26. The second-order valence-electron chi connectivity index (χ2n) is 2.85. The Balaban J connectivity index is 3.30. The van der Waals surface area contributed by atoms with E-state index in [1.54, 1.807) is 0 Å². The monoisotopic (exact) mass is 155 g/mol. The summed E-state index contributed by atoms with van der Waals surface area (Å²) in [5.74, 6) is 0.322. The molecule has 0 aromatic carbocycles. The first kappa shape index (κ1) is 10.4. The zero-order chi connectivity index (χ0) is 8.69. The van der Waals surface area contributed by atoms with Gasteiger partial charge in [-0.15, -0.1) is 6.58 Å². The van der Waals surface area contributed by atoms with E-state index in [0.717, 1.165) is 18.5 Å². The molecule has 2 nitrogen and oxygen atoms in total. The van der Waals surface area contributed by atoms with Crippen LogP contribution in [0.1, 0.15) is 26.2 Å². The number of nitrogens with one attached hydrogen (secondary N) is 1. The zero-order valence-electron chi connectivity index (χ0n) is 7.44. The molecule has 0 aromatic rings. The van der Waals surface area contributed by atoms with E-state index in [0.29, 0.717) is 18.6 Å². The van der Waals surface area contributed by atoms with Crippen LogP contribution in [0.25, 0.3) is 0 Å². The van der Waals surface area contributed by atoms with Gasteiger partial charge in [-0.05, 0) is 20.4 Å². The van der Waals surface area contributed by atoms with Gasteiger partial charge in [-0.3, -0.25) is 4.79 Å². The van der Waals surface area contributed by atoms with E-state index >= 15 is 0 Å². The van der Waals surface area contributed by atoms with Gasteiger partial charge < -0.3 is 5.32 Å². The highest BCUT2D eigenvalue weighted by molar-refractivity contribution is 5.78. The van der Waals surface area contributed by atoms with Crippen LogP contribution in [0.3, 0.4) is 0 Å². The Hall–Kier alpha value is -0.630. The maximum absolute atomic E-state index is 11.0. The lowest BCUT2D eigenvalue weighted by Crippen LogP contribution is -2.12. The molecule has 0 saturated heterocycles. The second-order valence-corrected chi connectivity index (χ2v) is 2.85. The fourth-order valence-corrected chi connectivity index (χ4v) is 0.742. The highest BCUT2D eigenvalue weighted by atomic mass is 16.1. The fraction of sp³-hybridized carbons (Fsp3) is 0.667. The summed E-state index contributed by atoms with van der Waals surface area (Å²) in [6.45, 7) is 6.48. The standard InChI is InChI=1S/C9H17NO/c1-8(2)4-5-9(11)6-7-10-3/h10H,1,4-7H2,2-3H3. The second kappa shape index (κ2) is 6.10. The van der Waals surface area contributed by atoms with Crippen molar-refractivity contribution in [2.24, 2.45) is 0 Å². The molecule has 0 heterocycles. The summed E-state index contributed by atoms with van der Waals surface area (Å²) in [6, 6.07) is 0. The smallest absolute Gasteiger partial charge is 0.134 e. The predicted molar refractivity (Wildman–Crippen MR) is 47.6 cm³/mol. The first-order valence-corrected chi connectivity index (χ1v) is 3.97. The molecule has 0 aliphatic carbocycles. The van der Waals surface area contributed by atoms with Gasteiger partial charge in [0, 0.05) is 19.4 Å². The molecular weight excluding hydrogens is 138 g/mol. The molecule has 0 radical (unpaired) electrons. The van der Waals surface area contributed by atoms with E-state index in [2.05, 4.69) is 11.9 Å². The van der Waals surface area contributed by atoms with Crippen molar-refractivity contribution in [1.82, 2.24) is 5.32 Å². The largest absolute Gasteiger partial charge is 0.319 e. The number of hydrogen-bond donors (Lipinski definition) is 1. The van der Waals surface area contributed by atoms with Gasteiger partial charge in [0.2, 0.25) is 0 Å². The van der Waals surface area contributed by atoms with Gasteiger partial charge in [-0.1, -0.05) is 5.57 Å². The Morgan fingerprint density at radius 3 is 2.45 bits per heavy atom. The Labute approximate surface area is 68.7 Å². The highest BCUT2D eigenvalue weighted by Gasteiger charge is 1.99. The van der Waals surface area contributed by atoms with Gasteiger partial charge >= 0.3 is 0 Å². The van der Waals surface area contributed by atoms with Gasteiger partial charge in [0.15, 0.2) is 0 Å². The molecule has 0 aliphatic heterocycles. The van der Waals surface area contributed by atoms with Crippen LogP contribution in [0, 0.1) is 0 Å². The first-order chi connectivity index (χ1) is 5.16. The quantitative estimate of drug-likeness (QED) is 0.589. The van der Waals surface area contributed by atoms with Crippen LogP contribution in [-0.4, -0.2) is 19.4 Å². The molecule has 0 aromatic heterocycles. The fourth-order valence-electron chi connectivity index (χ4n) is 0.742. The summed E-state index contributed by atoms with van der Waals surface area (Å²) < 4.78 is 0. The number of carbonyl (C=O) groups excluding carboxylic acids is 1. The molecular formula is C9H17NO. The molecule has 0 saturated carbocycles. The number of ketones is 1. The minimum Gasteiger partial charge on any atom is -0.319 e. The molecule has 64 valence electrons. The first-order valence-electron chi connectivity index (χ1n) is 3.97. The Bertz CT molecular complexity index is 140. The Morgan fingerprint density at radius 1 is 1.36 bits per heavy atom. The van der Waals surface area contributed by atoms with E-state index < -0.39 is 0 Å². The van der Waals surface area contributed by atoms with Crippen molar-refractivity contribution < 1.29 is 4.79 Å². The molecule has 1 N–H and O–H groups in total. The molecule has 0 unspecified atom stereocenters. The predicted octanol–water partition coefficient (Wildman–Crippen LogP) is 1.52. The number of carbonyl (C=O) groups is 1. The van der Waals surface area contributed by atoms with Crippen molar-refractivity contribution in [3.05, 3.63) is 12.2 Å². The SMILES string of the molecule is C=C(C)CCC(=O)CCNC. The molecule has 0 amide bonds. The lowest BCUT2D eigenvalue weighted by atomic mass is 10.1. The molecule has 11 heavy (non-hydrogen) atoms. The van der Waals surface area contributed by atoms with Crippen molar-refractivity contribution in [3.63, 3.8) is 0 Å². The van der Waals surface area contributed by atoms with E-state index in [4.69, 9.17) is 0 Å². The van der Waals surface area contributed by atoms with Gasteiger partial charge in [-0.25, -0.2) is 0 Å². The summed E-state index contributed by atoms with van der Waals surface area (Å²) in [4.78, 5) is 11.0. The lowest BCUT2D eigenvalue weighted by molar-refractivity contribution is -0.118. The van der Waals surface area contributed by atoms with E-state index in [1.165, 1.54) is 0 Å². The van der Waals surface area contributed by atoms with Gasteiger partial charge in [0.25, 0.3) is 0 Å². The minimum absolute atomic E-state index is 0.322. The molecule has 2 heteroatoms. The maximum atomic E-state index is 11.0. The van der Waals surface area contributed by atoms with Gasteiger partial charge in [0.1, 0.15) is 5.78 Å². The normalized spacial score (nSPS) is 9.64. The van der Waals surface area contributed by atoms with Crippen LogP contribution >= 0.6 is 0 Å². The van der Waals surface area contributed by atoms with Crippen molar-refractivity contribution in [3.8, 4) is 0 Å². The minimum atomic E-state index is 0.322. The van der Waals surface area contributed by atoms with Gasteiger partial charge in [0.05, 0.1) is 0 Å². The number of Topliss-reactive ketones (excluding diaryl/α,β-unsaturated/α-hetero) is 1. The average Bonchev–Trinajstić information content (AvgIpc) is 1.97. The molecule has 0 aliphatic rings. The third-order valence-electron chi connectivity index (χ3n) is 1.48. The molecule has 0 atom stereocenters. The van der Waals surface area contributed by atoms with Crippen LogP contribution in [0.15, 0.2) is 12.2 Å². The van der Waals surface area contributed by atoms with Crippen molar-refractivity contribution in [2.75, 3.05) is 13.6 Å². The van der Waals surface area contributed by atoms with Crippen LogP contribution in [0.5, 0.6) is 0 Å². The van der Waals surface area contributed by atoms with Crippen molar-refractivity contribution in [2.45, 2.75) is 26.2 Å². The average molecular weight is 155 g/mol. The summed E-state index contributed by atoms with van der Waals surface area (Å²) in [5, 5.41) is 2.94. The Kier molecular flexibility index (Phi) is 5.75. The molecule has 0 fully saturated rings. The summed E-state index contributed by atoms with van der Waals surface area (Å²) in [6.07, 6.45) is 2.13. The molecule has 0 spiro atoms. The summed E-state index contributed by atoms with van der Waals surface area (Å²) in [5.41, 5.74) is 1.09. The Morgan fingerprint density at radius 2 is 2.00 bits per heavy atom. The van der Waals surface area contributed by atoms with Crippen molar-refractivity contribution >= 4 is 5.78 Å². The topological polar surface area (TPSA) is 29.1 Å². The van der Waals surface area contributed by atoms with E-state index in [-0.39, 0.29) is 0 Å². The third-order valence-corrected chi connectivity index (χ3v) is 1.48.